The number of nitrogens with zero attached hydrogens (tertiary/aromatic N) is 2. The van der Waals surface area contributed by atoms with E-state index in [0.29, 0.717) is 0 Å². The zero-order valence-corrected chi connectivity index (χ0v) is 22.6. The van der Waals surface area contributed by atoms with Crippen LogP contribution in [0.5, 0.6) is 0 Å². The molecule has 0 radical (unpaired) electrons. The van der Waals surface area contributed by atoms with Crippen LogP contribution in [0.25, 0.3) is 0 Å². The molecule has 0 saturated carbocycles. The van der Waals surface area contributed by atoms with E-state index in [2.05, 4.69) is 0 Å². The number of carbonyl (C=O) groups is 2. The van der Waals surface area contributed by atoms with Crippen molar-refractivity contribution in [3.63, 3.8) is 0 Å². The molecule has 1 heterocycles. The Morgan fingerprint density at radius 3 is 2.05 bits per heavy atom. The number of nitrogens with one attached hydrogen (secondary N) is 1. The van der Waals surface area contributed by atoms with E-state index in [-0.39, 0.29) is 28.3 Å². The van der Waals surface area contributed by atoms with Crippen LogP contribution in [0.3, 0.4) is 0 Å². The van der Waals surface area contributed by atoms with Gasteiger partial charge in [0.15, 0.2) is 0 Å². The van der Waals surface area contributed by atoms with Gasteiger partial charge in [-0.3, -0.25) is 9.59 Å². The number of halogens is 8. The molecule has 3 aromatic rings. The molecule has 0 bridgehead atoms. The smallest absolute Gasteiger partial charge is 0.431 e. The van der Waals surface area contributed by atoms with Gasteiger partial charge in [-0.25, -0.2) is 13.6 Å². The van der Waals surface area contributed by atoms with Crippen LogP contribution < -0.4 is 10.9 Å². The molecule has 232 valence electrons. The second kappa shape index (κ2) is 12.9. The summed E-state index contributed by atoms with van der Waals surface area (Å²) in [6.45, 7) is -0.628. The molecule has 1 amide bonds. The minimum absolute atomic E-state index is 0.0228. The standard InChI is InChI=1S/C28H25F8N3O4/c1-38(2)9-10-39-22(28(34,35)36)14-18(27(31,32)33)17(25(39)41)12-15-5-3-6-16(11-15)13-21(26(42)43)37-24(40)23-19(29)7-4-8-20(23)30/h3-8,11,14,21H,9-10,12-13H2,1-2H3,(H,37,40)(H,42,43). The summed E-state index contributed by atoms with van der Waals surface area (Å²) in [6.07, 6.45) is -11.8. The van der Waals surface area contributed by atoms with E-state index in [1.165, 1.54) is 43.3 Å². The number of benzene rings is 2. The van der Waals surface area contributed by atoms with Gasteiger partial charge in [-0.05, 0) is 43.4 Å². The van der Waals surface area contributed by atoms with Crippen molar-refractivity contribution in [2.24, 2.45) is 0 Å². The molecule has 1 aromatic heterocycles. The molecular formula is C28H25F8N3O4. The second-order valence-corrected chi connectivity index (χ2v) is 9.84. The summed E-state index contributed by atoms with van der Waals surface area (Å²) in [6, 6.07) is 5.91. The third-order valence-electron chi connectivity index (χ3n) is 6.37. The highest BCUT2D eigenvalue weighted by molar-refractivity contribution is 5.97. The van der Waals surface area contributed by atoms with Gasteiger partial charge in [0.05, 0.1) is 5.56 Å². The quantitative estimate of drug-likeness (QED) is 0.320. The van der Waals surface area contributed by atoms with Crippen LogP contribution in [0.15, 0.2) is 53.3 Å². The molecule has 3 rings (SSSR count). The minimum Gasteiger partial charge on any atom is -0.480 e. The van der Waals surface area contributed by atoms with Gasteiger partial charge in [0, 0.05) is 31.5 Å². The van der Waals surface area contributed by atoms with E-state index in [0.717, 1.165) is 18.2 Å². The molecule has 0 fully saturated rings. The van der Waals surface area contributed by atoms with Gasteiger partial charge in [0.1, 0.15) is 28.9 Å². The van der Waals surface area contributed by atoms with E-state index in [1.807, 2.05) is 5.32 Å². The first-order chi connectivity index (χ1) is 19.9. The third kappa shape index (κ3) is 8.18. The van der Waals surface area contributed by atoms with Crippen molar-refractivity contribution in [3.8, 4) is 0 Å². The number of hydrogen-bond acceptors (Lipinski definition) is 4. The normalized spacial score (nSPS) is 12.8. The molecule has 2 N–H and O–H groups in total. The van der Waals surface area contributed by atoms with Crippen LogP contribution in [0.4, 0.5) is 35.1 Å². The highest BCUT2D eigenvalue weighted by atomic mass is 19.4. The maximum absolute atomic E-state index is 14.0. The predicted octanol–water partition coefficient (Wildman–Crippen LogP) is 4.74. The molecular weight excluding hydrogens is 594 g/mol. The Balaban J connectivity index is 1.99. The Hall–Kier alpha value is -4.27. The highest BCUT2D eigenvalue weighted by Gasteiger charge is 2.42. The molecule has 15 heteroatoms. The summed E-state index contributed by atoms with van der Waals surface area (Å²) < 4.78 is 111. The van der Waals surface area contributed by atoms with Crippen LogP contribution in [-0.2, 0) is 36.5 Å². The Morgan fingerprint density at radius 1 is 0.930 bits per heavy atom. The van der Waals surface area contributed by atoms with Gasteiger partial charge >= 0.3 is 18.3 Å². The molecule has 0 saturated heterocycles. The summed E-state index contributed by atoms with van der Waals surface area (Å²) in [5.74, 6) is -5.44. The fourth-order valence-electron chi connectivity index (χ4n) is 4.32. The highest BCUT2D eigenvalue weighted by Crippen LogP contribution is 2.36. The zero-order chi connectivity index (χ0) is 32.3. The van der Waals surface area contributed by atoms with Crippen molar-refractivity contribution >= 4 is 11.9 Å². The Bertz CT molecular complexity index is 1540. The van der Waals surface area contributed by atoms with Gasteiger partial charge in [-0.1, -0.05) is 30.3 Å². The topological polar surface area (TPSA) is 91.6 Å². The monoisotopic (exact) mass is 619 g/mol. The SMILES string of the molecule is CN(C)CCn1c(C(F)(F)F)cc(C(F)(F)F)c(Cc2cccc(CC(NC(=O)c3c(F)cccc3F)C(=O)O)c2)c1=O. The number of aromatic nitrogens is 1. The molecule has 0 aliphatic carbocycles. The molecule has 0 aliphatic heterocycles. The zero-order valence-electron chi connectivity index (χ0n) is 22.6. The first kappa shape index (κ1) is 33.2. The van der Waals surface area contributed by atoms with Crippen LogP contribution in [0.1, 0.15) is 38.3 Å². The summed E-state index contributed by atoms with van der Waals surface area (Å²) in [5.41, 5.74) is -6.82. The van der Waals surface area contributed by atoms with Crippen molar-refractivity contribution in [1.29, 1.82) is 0 Å². The lowest BCUT2D eigenvalue weighted by molar-refractivity contribution is -0.148. The van der Waals surface area contributed by atoms with E-state index in [1.54, 1.807) is 0 Å². The number of pyridine rings is 1. The predicted molar refractivity (Wildman–Crippen MR) is 137 cm³/mol. The number of carboxylic acid groups (broad SMARTS) is 1. The lowest BCUT2D eigenvalue weighted by Crippen LogP contribution is -2.43. The number of likely N-dealkylation sites (N-methyl/N-ethyl adjacent to an activating group) is 1. The number of amides is 1. The van der Waals surface area contributed by atoms with Gasteiger partial charge in [0.2, 0.25) is 0 Å². The Kier molecular flexibility index (Phi) is 10.00. The average Bonchev–Trinajstić information content (AvgIpc) is 2.87. The number of alkyl halides is 6. The molecule has 0 aliphatic rings. The molecule has 7 nitrogen and oxygen atoms in total. The van der Waals surface area contributed by atoms with Crippen molar-refractivity contribution in [2.75, 3.05) is 20.6 Å². The van der Waals surface area contributed by atoms with E-state index in [9.17, 15) is 54.6 Å². The van der Waals surface area contributed by atoms with Crippen LogP contribution >= 0.6 is 0 Å². The number of carbonyl (C=O) groups excluding carboxylic acids is 1. The molecule has 43 heavy (non-hydrogen) atoms. The molecule has 1 unspecified atom stereocenters. The fourth-order valence-corrected chi connectivity index (χ4v) is 4.32. The second-order valence-electron chi connectivity index (χ2n) is 9.84. The molecule has 2 aromatic carbocycles. The minimum atomic E-state index is -5.31. The molecule has 0 spiro atoms. The maximum Gasteiger partial charge on any atom is 0.431 e. The van der Waals surface area contributed by atoms with Crippen LogP contribution in [0.2, 0.25) is 0 Å². The number of carboxylic acids is 1. The van der Waals surface area contributed by atoms with Gasteiger partial charge in [0.25, 0.3) is 11.5 Å². The van der Waals surface area contributed by atoms with Gasteiger partial charge in [-0.15, -0.1) is 0 Å². The Labute approximate surface area is 239 Å². The largest absolute Gasteiger partial charge is 0.480 e. The number of hydrogen-bond donors (Lipinski definition) is 2. The average molecular weight is 620 g/mol. The summed E-state index contributed by atoms with van der Waals surface area (Å²) in [5, 5.41) is 11.6. The fraction of sp³-hybridized carbons (Fsp3) is 0.321. The first-order valence-electron chi connectivity index (χ1n) is 12.5. The molecule has 1 atom stereocenters. The van der Waals surface area contributed by atoms with E-state index >= 15 is 0 Å². The third-order valence-corrected chi connectivity index (χ3v) is 6.37. The summed E-state index contributed by atoms with van der Waals surface area (Å²) in [7, 11) is 3.02. The first-order valence-corrected chi connectivity index (χ1v) is 12.5. The maximum atomic E-state index is 14.0. The van der Waals surface area contributed by atoms with E-state index in [4.69, 9.17) is 0 Å². The lowest BCUT2D eigenvalue weighted by Gasteiger charge is -2.22. The van der Waals surface area contributed by atoms with Gasteiger partial charge < -0.3 is 19.9 Å². The van der Waals surface area contributed by atoms with Crippen molar-refractivity contribution < 1.29 is 49.8 Å². The van der Waals surface area contributed by atoms with Gasteiger partial charge in [-0.2, -0.15) is 26.3 Å². The lowest BCUT2D eigenvalue weighted by atomic mass is 9.96. The van der Waals surface area contributed by atoms with Crippen molar-refractivity contribution in [2.45, 2.75) is 37.8 Å². The van der Waals surface area contributed by atoms with Crippen LogP contribution in [-0.4, -0.2) is 53.1 Å². The van der Waals surface area contributed by atoms with Crippen LogP contribution in [0, 0.1) is 11.6 Å². The summed E-state index contributed by atoms with van der Waals surface area (Å²) >= 11 is 0. The van der Waals surface area contributed by atoms with Crippen molar-refractivity contribution in [1.82, 2.24) is 14.8 Å². The Morgan fingerprint density at radius 2 is 1.51 bits per heavy atom. The van der Waals surface area contributed by atoms with Crippen molar-refractivity contribution in [3.05, 3.63) is 104 Å². The number of rotatable bonds is 10. The van der Waals surface area contributed by atoms with E-state index < -0.39 is 89.2 Å². The number of aliphatic carboxylic acids is 1. The summed E-state index contributed by atoms with van der Waals surface area (Å²) in [4.78, 5) is 38.8.